The Labute approximate surface area is 69.8 Å². The van der Waals surface area contributed by atoms with Crippen molar-refractivity contribution in [1.82, 2.24) is 9.55 Å². The normalized spacial score (nSPS) is 12.8. The first-order valence-corrected chi connectivity index (χ1v) is 3.61. The SMILES string of the molecule is [13CH3][13C@@H]([15NH2])[13CH2][13c]1[13cH][15n](C(=O)O)[13cH][15n]1. The van der Waals surface area contributed by atoms with Gasteiger partial charge >= 0.3 is 6.09 Å². The summed E-state index contributed by atoms with van der Waals surface area (Å²) < 4.78 is 1.01. The van der Waals surface area contributed by atoms with E-state index in [1.165, 1.54) is 12.5 Å². The van der Waals surface area contributed by atoms with Crippen molar-refractivity contribution in [2.45, 2.75) is 19.4 Å². The van der Waals surface area contributed by atoms with Crippen molar-refractivity contribution in [3.8, 4) is 0 Å². The number of hydrogen-bond acceptors (Lipinski definition) is 3. The molecule has 1 rings (SSSR count). The fraction of sp³-hybridized carbons (Fsp3) is 0.429. The number of nitrogens with two attached hydrogens (primary N) is 1. The van der Waals surface area contributed by atoms with Crippen LogP contribution in [-0.2, 0) is 6.42 Å². The van der Waals surface area contributed by atoms with Gasteiger partial charge in [0.15, 0.2) is 0 Å². The van der Waals surface area contributed by atoms with Crippen molar-refractivity contribution < 1.29 is 9.90 Å². The van der Waals surface area contributed by atoms with Crippen molar-refractivity contribution in [2.75, 3.05) is 0 Å². The average molecular weight is 178 g/mol. The number of carbonyl (C=O) groups is 1. The molecule has 0 bridgehead atoms. The monoisotopic (exact) mass is 178 g/mol. The maximum absolute atomic E-state index is 10.4. The van der Waals surface area contributed by atoms with Gasteiger partial charge in [-0.1, -0.05) is 0 Å². The van der Waals surface area contributed by atoms with Crippen LogP contribution in [0.25, 0.3) is 0 Å². The Bertz CT molecular complexity index is 280. The highest BCUT2D eigenvalue weighted by atomic mass is 16.4. The highest BCUT2D eigenvalue weighted by Gasteiger charge is 2.04. The van der Waals surface area contributed by atoms with Crippen LogP contribution in [0.5, 0.6) is 0 Å². The summed E-state index contributed by atoms with van der Waals surface area (Å²) in [5.41, 5.74) is 6.21. The number of aromatic nitrogens is 2. The Morgan fingerprint density at radius 3 is 3.00 bits per heavy atom. The first kappa shape index (κ1) is 8.73. The van der Waals surface area contributed by atoms with Crippen molar-refractivity contribution >= 4 is 6.09 Å². The van der Waals surface area contributed by atoms with E-state index in [4.69, 9.17) is 10.8 Å². The second-order valence-corrected chi connectivity index (χ2v) is 2.74. The molecule has 0 aliphatic carbocycles. The van der Waals surface area contributed by atoms with Crippen LogP contribution in [-0.4, -0.2) is 26.8 Å². The zero-order chi connectivity index (χ0) is 9.14. The van der Waals surface area contributed by atoms with Crippen LogP contribution in [0, 0.1) is 0 Å². The van der Waals surface area contributed by atoms with Crippen LogP contribution < -0.4 is 5.73 Å². The van der Waals surface area contributed by atoms with Gasteiger partial charge in [0.05, 0.1) is 5.69 Å². The Kier molecular flexibility index (Phi) is 2.44. The minimum atomic E-state index is -1.03. The molecule has 3 N–H and O–H groups in total. The smallest absolute Gasteiger partial charge is 0.416 e. The molecule has 0 saturated carbocycles. The molecule has 0 spiro atoms. The van der Waals surface area contributed by atoms with Crippen LogP contribution >= 0.6 is 0 Å². The Morgan fingerprint density at radius 2 is 2.58 bits per heavy atom. The van der Waals surface area contributed by atoms with Gasteiger partial charge in [-0.05, 0) is 6.92 Å². The van der Waals surface area contributed by atoms with Crippen molar-refractivity contribution in [3.05, 3.63) is 18.2 Å². The second-order valence-electron chi connectivity index (χ2n) is 2.74. The molecule has 66 valence electrons. The third kappa shape index (κ3) is 2.06. The fourth-order valence-electron chi connectivity index (χ4n) is 0.903. The summed E-state index contributed by atoms with van der Waals surface area (Å²) in [6, 6.07) is 0.00199. The van der Waals surface area contributed by atoms with Crippen LogP contribution in [0.15, 0.2) is 12.5 Å². The molecule has 5 heteroatoms. The summed E-state index contributed by atoms with van der Waals surface area (Å²) in [6.07, 6.45) is 2.30. The molecular weight excluding hydrogens is 167 g/mol. The van der Waals surface area contributed by atoms with Gasteiger partial charge in [-0.2, -0.15) is 0 Å². The molecule has 5 nitrogen and oxygen atoms in total. The highest BCUT2D eigenvalue weighted by molar-refractivity contribution is 5.67. The zero-order valence-corrected chi connectivity index (χ0v) is 6.77. The minimum absolute atomic E-state index is 0.00199. The van der Waals surface area contributed by atoms with Gasteiger partial charge in [-0.3, -0.25) is 0 Å². The maximum Gasteiger partial charge on any atom is 0.416 e. The lowest BCUT2D eigenvalue weighted by atomic mass is 11.2. The highest BCUT2D eigenvalue weighted by Crippen LogP contribution is 1.98. The van der Waals surface area contributed by atoms with Crippen molar-refractivity contribution in [2.24, 2.45) is 5.73 Å². The topological polar surface area (TPSA) is 81.1 Å². The molecule has 0 aliphatic rings. The first-order chi connectivity index (χ1) is 5.59. The van der Waals surface area contributed by atoms with Crippen LogP contribution in [0.3, 0.4) is 0 Å². The largest absolute Gasteiger partial charge is 0.464 e. The summed E-state index contributed by atoms with van der Waals surface area (Å²) >= 11 is 0. The zero-order valence-electron chi connectivity index (χ0n) is 6.77. The number of nitrogens with zero attached hydrogens (tertiary/aromatic N) is 2. The summed E-state index contributed by atoms with van der Waals surface area (Å²) in [5.74, 6) is 0. The summed E-state index contributed by atoms with van der Waals surface area (Å²) in [6.45, 7) is 1.85. The molecule has 0 aromatic carbocycles. The van der Waals surface area contributed by atoms with Gasteiger partial charge < -0.3 is 10.8 Å². The molecule has 1 aromatic rings. The minimum Gasteiger partial charge on any atom is -0.464 e. The predicted molar refractivity (Wildman–Crippen MR) is 43.0 cm³/mol. The van der Waals surface area contributed by atoms with Crippen LogP contribution in [0.1, 0.15) is 12.6 Å². The van der Waals surface area contributed by atoms with E-state index in [-0.39, 0.29) is 6.04 Å². The van der Waals surface area contributed by atoms with Gasteiger partial charge in [-0.25, -0.2) is 14.3 Å². The lowest BCUT2D eigenvalue weighted by Crippen LogP contribution is -2.17. The summed E-state index contributed by atoms with van der Waals surface area (Å²) in [5, 5.41) is 8.52. The van der Waals surface area contributed by atoms with Crippen LogP contribution in [0.4, 0.5) is 4.79 Å². The van der Waals surface area contributed by atoms with Crippen molar-refractivity contribution in [3.63, 3.8) is 0 Å². The third-order valence-corrected chi connectivity index (χ3v) is 1.39. The number of carboxylic acid groups (broad SMARTS) is 1. The van der Waals surface area contributed by atoms with E-state index in [1.807, 2.05) is 6.92 Å². The van der Waals surface area contributed by atoms with E-state index in [0.29, 0.717) is 12.1 Å². The average Bonchev–Trinajstić information content (AvgIpc) is 2.34. The molecular formula is C7H11N3O2. The lowest BCUT2D eigenvalue weighted by Gasteiger charge is -1.98. The molecule has 1 atom stereocenters. The van der Waals surface area contributed by atoms with Gasteiger partial charge in [0.2, 0.25) is 0 Å². The molecule has 12 heavy (non-hydrogen) atoms. The number of rotatable bonds is 2. The first-order valence-electron chi connectivity index (χ1n) is 3.61. The summed E-state index contributed by atoms with van der Waals surface area (Å²) in [7, 11) is 0. The maximum atomic E-state index is 10.4. The number of imidazole rings is 1. The second kappa shape index (κ2) is 3.36. The molecule has 0 unspecified atom stereocenters. The Balaban J connectivity index is 2.71. The van der Waals surface area contributed by atoms with E-state index >= 15 is 0 Å². The molecule has 1 aromatic heterocycles. The van der Waals surface area contributed by atoms with Gasteiger partial charge in [0.25, 0.3) is 0 Å². The summed E-state index contributed by atoms with van der Waals surface area (Å²) in [4.78, 5) is 14.3. The van der Waals surface area contributed by atoms with E-state index in [0.717, 1.165) is 4.57 Å². The van der Waals surface area contributed by atoms with E-state index < -0.39 is 6.09 Å². The molecule has 0 amide bonds. The quantitative estimate of drug-likeness (QED) is 0.504. The molecule has 0 aliphatic heterocycles. The molecule has 0 fully saturated rings. The Hall–Kier alpha value is -1.36. The third-order valence-electron chi connectivity index (χ3n) is 1.39. The van der Waals surface area contributed by atoms with Gasteiger partial charge in [0, 0.05) is 18.7 Å². The molecule has 0 radical (unpaired) electrons. The predicted octanol–water partition coefficient (Wildman–Crippen LogP) is 0.299. The van der Waals surface area contributed by atoms with E-state index in [9.17, 15) is 4.79 Å². The lowest BCUT2D eigenvalue weighted by molar-refractivity contribution is 0.196. The van der Waals surface area contributed by atoms with Gasteiger partial charge in [0.1, 0.15) is 6.33 Å². The number of hydrogen-bond donors (Lipinski definition) is 2. The fourth-order valence-corrected chi connectivity index (χ4v) is 0.903. The van der Waals surface area contributed by atoms with Gasteiger partial charge in [-0.15, -0.1) is 0 Å². The molecule has 1 heterocycles. The van der Waals surface area contributed by atoms with Crippen LogP contribution in [0.2, 0.25) is 0 Å². The van der Waals surface area contributed by atoms with E-state index in [1.54, 1.807) is 0 Å². The molecule has 0 saturated heterocycles. The Morgan fingerprint density at radius 1 is 1.92 bits per heavy atom. The van der Waals surface area contributed by atoms with E-state index in [2.05, 4.69) is 4.98 Å². The standard InChI is InChI=1S/C7H11N3O2/c1-5(8)2-6-3-10(4-9-6)7(11)12/h3-5H,2,8H2,1H3,(H,11,12)/t5-/m1/s1/i1+1,2+1,3+1,4+1,5+1,6+1,8+1,9+1,10+1. The van der Waals surface area contributed by atoms with Crippen molar-refractivity contribution in [1.29, 1.82) is 0 Å².